The van der Waals surface area contributed by atoms with Crippen LogP contribution in [0.25, 0.3) is 0 Å². The van der Waals surface area contributed by atoms with Crippen molar-refractivity contribution in [2.24, 2.45) is 17.9 Å². The SMILES string of the molecule is CN(Cc1ccn(C)n1)c1ccccc1/C(N)=N/O. The minimum atomic E-state index is 0.100. The minimum absolute atomic E-state index is 0.100. The summed E-state index contributed by atoms with van der Waals surface area (Å²) in [5, 5.41) is 16.2. The van der Waals surface area contributed by atoms with E-state index in [1.165, 1.54) is 0 Å². The molecule has 0 aliphatic carbocycles. The summed E-state index contributed by atoms with van der Waals surface area (Å²) < 4.78 is 1.76. The fraction of sp³-hybridized carbons (Fsp3) is 0.231. The maximum absolute atomic E-state index is 8.82. The summed E-state index contributed by atoms with van der Waals surface area (Å²) in [6, 6.07) is 9.47. The van der Waals surface area contributed by atoms with Gasteiger partial charge in [-0.05, 0) is 18.2 Å². The largest absolute Gasteiger partial charge is 0.409 e. The van der Waals surface area contributed by atoms with Gasteiger partial charge in [0.2, 0.25) is 0 Å². The molecule has 19 heavy (non-hydrogen) atoms. The molecule has 0 saturated heterocycles. The Bertz CT molecular complexity index is 590. The minimum Gasteiger partial charge on any atom is -0.409 e. The van der Waals surface area contributed by atoms with E-state index in [0.29, 0.717) is 12.1 Å². The molecule has 3 N–H and O–H groups in total. The molecule has 1 heterocycles. The first kappa shape index (κ1) is 12.9. The van der Waals surface area contributed by atoms with Crippen LogP contribution >= 0.6 is 0 Å². The van der Waals surface area contributed by atoms with Crippen LogP contribution in [-0.4, -0.2) is 27.9 Å². The molecule has 0 bridgehead atoms. The summed E-state index contributed by atoms with van der Waals surface area (Å²) in [6.45, 7) is 0.649. The summed E-state index contributed by atoms with van der Waals surface area (Å²) >= 11 is 0. The summed E-state index contributed by atoms with van der Waals surface area (Å²) in [5.74, 6) is 0.100. The van der Waals surface area contributed by atoms with E-state index in [1.54, 1.807) is 4.68 Å². The average molecular weight is 259 g/mol. The van der Waals surface area contributed by atoms with Gasteiger partial charge in [-0.1, -0.05) is 17.3 Å². The molecule has 1 aromatic carbocycles. The Labute approximate surface area is 111 Å². The number of oxime groups is 1. The van der Waals surface area contributed by atoms with Crippen LogP contribution in [0.2, 0.25) is 0 Å². The van der Waals surface area contributed by atoms with Gasteiger partial charge in [0.05, 0.1) is 12.2 Å². The van der Waals surface area contributed by atoms with Crippen molar-refractivity contribution in [3.8, 4) is 0 Å². The third kappa shape index (κ3) is 2.85. The van der Waals surface area contributed by atoms with Gasteiger partial charge in [-0.25, -0.2) is 0 Å². The quantitative estimate of drug-likeness (QED) is 0.373. The summed E-state index contributed by atoms with van der Waals surface area (Å²) in [7, 11) is 3.83. The van der Waals surface area contributed by atoms with Crippen molar-refractivity contribution in [3.63, 3.8) is 0 Å². The Morgan fingerprint density at radius 2 is 2.16 bits per heavy atom. The van der Waals surface area contributed by atoms with E-state index in [9.17, 15) is 0 Å². The van der Waals surface area contributed by atoms with E-state index < -0.39 is 0 Å². The van der Waals surface area contributed by atoms with Crippen LogP contribution in [0.3, 0.4) is 0 Å². The number of nitrogens with zero attached hydrogens (tertiary/aromatic N) is 4. The lowest BCUT2D eigenvalue weighted by molar-refractivity contribution is 0.318. The molecule has 0 unspecified atom stereocenters. The van der Waals surface area contributed by atoms with Crippen molar-refractivity contribution in [3.05, 3.63) is 47.8 Å². The van der Waals surface area contributed by atoms with Crippen LogP contribution in [-0.2, 0) is 13.6 Å². The molecule has 2 aromatic rings. The molecule has 0 aliphatic rings. The van der Waals surface area contributed by atoms with E-state index in [4.69, 9.17) is 10.9 Å². The molecule has 0 saturated carbocycles. The second-order valence-electron chi connectivity index (χ2n) is 4.34. The number of nitrogens with two attached hydrogens (primary N) is 1. The molecule has 100 valence electrons. The highest BCUT2D eigenvalue weighted by atomic mass is 16.4. The third-order valence-electron chi connectivity index (χ3n) is 2.87. The van der Waals surface area contributed by atoms with Crippen LogP contribution in [0.1, 0.15) is 11.3 Å². The highest BCUT2D eigenvalue weighted by Gasteiger charge is 2.11. The highest BCUT2D eigenvalue weighted by Crippen LogP contribution is 2.20. The highest BCUT2D eigenvalue weighted by molar-refractivity contribution is 6.02. The number of aryl methyl sites for hydroxylation is 1. The Kier molecular flexibility index (Phi) is 3.70. The van der Waals surface area contributed by atoms with Gasteiger partial charge < -0.3 is 15.8 Å². The zero-order valence-corrected chi connectivity index (χ0v) is 11.0. The van der Waals surface area contributed by atoms with E-state index in [2.05, 4.69) is 10.3 Å². The molecule has 0 amide bonds. The number of hydrogen-bond acceptors (Lipinski definition) is 4. The lowest BCUT2D eigenvalue weighted by atomic mass is 10.1. The summed E-state index contributed by atoms with van der Waals surface area (Å²) in [4.78, 5) is 2.01. The standard InChI is InChI=1S/C13H17N5O/c1-17(9-10-7-8-18(2)15-10)12-6-4-3-5-11(12)13(14)16-19/h3-8,19H,9H2,1-2H3,(H2,14,16). The summed E-state index contributed by atoms with van der Waals surface area (Å²) in [5.41, 5.74) is 8.23. The van der Waals surface area contributed by atoms with Crippen molar-refractivity contribution < 1.29 is 5.21 Å². The number of amidine groups is 1. The van der Waals surface area contributed by atoms with Gasteiger partial charge >= 0.3 is 0 Å². The average Bonchev–Trinajstić information content (AvgIpc) is 2.83. The fourth-order valence-corrected chi connectivity index (χ4v) is 1.95. The summed E-state index contributed by atoms with van der Waals surface area (Å²) in [6.07, 6.45) is 1.90. The van der Waals surface area contributed by atoms with E-state index in [1.807, 2.05) is 55.5 Å². The Morgan fingerprint density at radius 3 is 2.79 bits per heavy atom. The second kappa shape index (κ2) is 5.43. The van der Waals surface area contributed by atoms with Crippen LogP contribution in [0.15, 0.2) is 41.7 Å². The van der Waals surface area contributed by atoms with Crippen molar-refractivity contribution in [2.75, 3.05) is 11.9 Å². The van der Waals surface area contributed by atoms with Crippen molar-refractivity contribution in [1.29, 1.82) is 0 Å². The predicted molar refractivity (Wildman–Crippen MR) is 74.3 cm³/mol. The fourth-order valence-electron chi connectivity index (χ4n) is 1.95. The second-order valence-corrected chi connectivity index (χ2v) is 4.34. The van der Waals surface area contributed by atoms with Gasteiger partial charge in [0.25, 0.3) is 0 Å². The normalized spacial score (nSPS) is 11.6. The molecule has 1 aromatic heterocycles. The maximum atomic E-state index is 8.82. The number of rotatable bonds is 4. The Morgan fingerprint density at radius 1 is 1.42 bits per heavy atom. The zero-order chi connectivity index (χ0) is 13.8. The number of anilines is 1. The Hall–Kier alpha value is -2.50. The first-order valence-electron chi connectivity index (χ1n) is 5.88. The molecule has 0 spiro atoms. The van der Waals surface area contributed by atoms with E-state index >= 15 is 0 Å². The van der Waals surface area contributed by atoms with Crippen molar-refractivity contribution in [2.45, 2.75) is 6.54 Å². The van der Waals surface area contributed by atoms with Crippen LogP contribution in [0.5, 0.6) is 0 Å². The number of hydrogen-bond donors (Lipinski definition) is 2. The predicted octanol–water partition coefficient (Wildman–Crippen LogP) is 1.15. The van der Waals surface area contributed by atoms with E-state index in [0.717, 1.165) is 11.4 Å². The maximum Gasteiger partial charge on any atom is 0.172 e. The molecular formula is C13H17N5O. The van der Waals surface area contributed by atoms with Crippen LogP contribution < -0.4 is 10.6 Å². The molecule has 0 atom stereocenters. The molecule has 0 fully saturated rings. The lowest BCUT2D eigenvalue weighted by Crippen LogP contribution is -2.22. The number of para-hydroxylation sites is 1. The van der Waals surface area contributed by atoms with Crippen molar-refractivity contribution >= 4 is 11.5 Å². The zero-order valence-electron chi connectivity index (χ0n) is 11.0. The van der Waals surface area contributed by atoms with E-state index in [-0.39, 0.29) is 5.84 Å². The van der Waals surface area contributed by atoms with Gasteiger partial charge in [0, 0.05) is 31.5 Å². The third-order valence-corrected chi connectivity index (χ3v) is 2.87. The number of aromatic nitrogens is 2. The molecule has 2 rings (SSSR count). The molecule has 0 aliphatic heterocycles. The van der Waals surface area contributed by atoms with Crippen LogP contribution in [0, 0.1) is 0 Å². The molecule has 0 radical (unpaired) electrons. The molecule has 6 heteroatoms. The lowest BCUT2D eigenvalue weighted by Gasteiger charge is -2.21. The Balaban J connectivity index is 2.26. The first-order chi connectivity index (χ1) is 9.11. The van der Waals surface area contributed by atoms with Gasteiger partial charge in [0.1, 0.15) is 0 Å². The monoisotopic (exact) mass is 259 g/mol. The first-order valence-corrected chi connectivity index (χ1v) is 5.88. The van der Waals surface area contributed by atoms with Gasteiger partial charge in [-0.15, -0.1) is 0 Å². The van der Waals surface area contributed by atoms with Gasteiger partial charge in [-0.3, -0.25) is 4.68 Å². The topological polar surface area (TPSA) is 79.7 Å². The molecule has 6 nitrogen and oxygen atoms in total. The van der Waals surface area contributed by atoms with Gasteiger partial charge in [0.15, 0.2) is 5.84 Å². The van der Waals surface area contributed by atoms with Crippen molar-refractivity contribution in [1.82, 2.24) is 9.78 Å². The smallest absolute Gasteiger partial charge is 0.172 e. The molecular weight excluding hydrogens is 242 g/mol. The van der Waals surface area contributed by atoms with Crippen LogP contribution in [0.4, 0.5) is 5.69 Å². The number of benzene rings is 1. The van der Waals surface area contributed by atoms with Gasteiger partial charge in [-0.2, -0.15) is 5.10 Å².